The Bertz CT molecular complexity index is 894. The molecule has 4 rings (SSSR count). The van der Waals surface area contributed by atoms with E-state index in [2.05, 4.69) is 61.5 Å². The molecule has 0 spiro atoms. The molecule has 3 heteroatoms. The first-order valence-corrected chi connectivity index (χ1v) is 9.71. The third-order valence-electron chi connectivity index (χ3n) is 5.00. The van der Waals surface area contributed by atoms with E-state index in [1.165, 1.54) is 11.1 Å². The van der Waals surface area contributed by atoms with E-state index >= 15 is 0 Å². The summed E-state index contributed by atoms with van der Waals surface area (Å²) in [6.07, 6.45) is 2.17. The molecule has 1 aliphatic rings. The van der Waals surface area contributed by atoms with Crippen LogP contribution in [0.25, 0.3) is 5.76 Å². The lowest BCUT2D eigenvalue weighted by Crippen LogP contribution is -2.34. The largest absolute Gasteiger partial charge is 0.404 e. The average molecular weight is 371 g/mol. The molecule has 0 bridgehead atoms. The molecule has 0 N–H and O–H groups in total. The highest BCUT2D eigenvalue weighted by Crippen LogP contribution is 2.34. The SMILES string of the molecule is C[C@@H](c1ccccc1)N1OC(c2ccccc2)=C[C@@H]1COCc1ccccc1. The van der Waals surface area contributed by atoms with E-state index in [4.69, 9.17) is 9.57 Å². The fourth-order valence-corrected chi connectivity index (χ4v) is 3.45. The van der Waals surface area contributed by atoms with Crippen molar-refractivity contribution in [2.75, 3.05) is 6.61 Å². The molecule has 2 atom stereocenters. The number of benzene rings is 3. The maximum absolute atomic E-state index is 6.29. The Balaban J connectivity index is 1.50. The minimum Gasteiger partial charge on any atom is -0.404 e. The number of hydrogen-bond donors (Lipinski definition) is 0. The third kappa shape index (κ3) is 4.33. The van der Waals surface area contributed by atoms with Crippen molar-refractivity contribution in [2.45, 2.75) is 25.6 Å². The number of rotatable bonds is 7. The van der Waals surface area contributed by atoms with Crippen LogP contribution in [0.1, 0.15) is 29.7 Å². The normalized spacial score (nSPS) is 17.8. The molecule has 1 aliphatic heterocycles. The summed E-state index contributed by atoms with van der Waals surface area (Å²) in [5.41, 5.74) is 3.48. The third-order valence-corrected chi connectivity index (χ3v) is 5.00. The van der Waals surface area contributed by atoms with Gasteiger partial charge in [-0.05, 0) is 24.1 Å². The Morgan fingerprint density at radius 2 is 1.46 bits per heavy atom. The highest BCUT2D eigenvalue weighted by Gasteiger charge is 2.32. The number of hydroxylamine groups is 2. The lowest BCUT2D eigenvalue weighted by atomic mass is 10.1. The van der Waals surface area contributed by atoms with Gasteiger partial charge < -0.3 is 9.57 Å². The average Bonchev–Trinajstić information content (AvgIpc) is 3.19. The van der Waals surface area contributed by atoms with E-state index in [1.54, 1.807) is 0 Å². The van der Waals surface area contributed by atoms with Crippen LogP contribution in [-0.4, -0.2) is 17.7 Å². The number of ether oxygens (including phenoxy) is 1. The van der Waals surface area contributed by atoms with Crippen LogP contribution < -0.4 is 0 Å². The van der Waals surface area contributed by atoms with E-state index in [0.29, 0.717) is 13.2 Å². The molecular formula is C25H25NO2. The van der Waals surface area contributed by atoms with Crippen molar-refractivity contribution in [3.63, 3.8) is 0 Å². The van der Waals surface area contributed by atoms with Crippen molar-refractivity contribution in [3.05, 3.63) is 114 Å². The highest BCUT2D eigenvalue weighted by atomic mass is 16.7. The minimum atomic E-state index is 0.0501. The maximum Gasteiger partial charge on any atom is 0.152 e. The molecule has 0 aliphatic carbocycles. The van der Waals surface area contributed by atoms with Gasteiger partial charge in [0.2, 0.25) is 0 Å². The Morgan fingerprint density at radius 3 is 2.14 bits per heavy atom. The molecule has 28 heavy (non-hydrogen) atoms. The van der Waals surface area contributed by atoms with Crippen molar-refractivity contribution in [1.29, 1.82) is 0 Å². The summed E-state index contributed by atoms with van der Waals surface area (Å²) in [5.74, 6) is 0.886. The Labute approximate surface area is 166 Å². The fourth-order valence-electron chi connectivity index (χ4n) is 3.45. The van der Waals surface area contributed by atoms with Crippen LogP contribution in [-0.2, 0) is 16.2 Å². The van der Waals surface area contributed by atoms with Gasteiger partial charge in [0, 0.05) is 5.56 Å². The monoisotopic (exact) mass is 371 g/mol. The Morgan fingerprint density at radius 1 is 0.857 bits per heavy atom. The van der Waals surface area contributed by atoms with Gasteiger partial charge >= 0.3 is 0 Å². The molecular weight excluding hydrogens is 346 g/mol. The van der Waals surface area contributed by atoms with E-state index < -0.39 is 0 Å². The first-order chi connectivity index (χ1) is 13.8. The van der Waals surface area contributed by atoms with E-state index in [9.17, 15) is 0 Å². The van der Waals surface area contributed by atoms with Gasteiger partial charge in [0.05, 0.1) is 25.3 Å². The number of hydrogen-bond acceptors (Lipinski definition) is 3. The second kappa shape index (κ2) is 8.87. The predicted molar refractivity (Wildman–Crippen MR) is 112 cm³/mol. The summed E-state index contributed by atoms with van der Waals surface area (Å²) in [6.45, 7) is 3.34. The van der Waals surface area contributed by atoms with Gasteiger partial charge in [-0.1, -0.05) is 91.0 Å². The van der Waals surface area contributed by atoms with Gasteiger partial charge in [0.25, 0.3) is 0 Å². The topological polar surface area (TPSA) is 21.7 Å². The van der Waals surface area contributed by atoms with Gasteiger partial charge in [-0.2, -0.15) is 0 Å². The molecule has 0 saturated carbocycles. The lowest BCUT2D eigenvalue weighted by Gasteiger charge is -2.29. The van der Waals surface area contributed by atoms with Crippen molar-refractivity contribution in [3.8, 4) is 0 Å². The Hall–Kier alpha value is -2.88. The van der Waals surface area contributed by atoms with E-state index in [0.717, 1.165) is 11.3 Å². The van der Waals surface area contributed by atoms with Gasteiger partial charge in [0.1, 0.15) is 0 Å². The lowest BCUT2D eigenvalue weighted by molar-refractivity contribution is -0.138. The predicted octanol–water partition coefficient (Wildman–Crippen LogP) is 5.62. The standard InChI is InChI=1S/C25H25NO2/c1-20(22-13-7-3-8-14-22)26-24(19-27-18-21-11-5-2-6-12-21)17-25(28-26)23-15-9-4-10-16-23/h2-17,20,24H,18-19H2,1H3/t20-,24+/m0/s1. The molecule has 3 aromatic carbocycles. The zero-order valence-electron chi connectivity index (χ0n) is 16.1. The van der Waals surface area contributed by atoms with Gasteiger partial charge in [0.15, 0.2) is 5.76 Å². The molecule has 3 nitrogen and oxygen atoms in total. The molecule has 0 radical (unpaired) electrons. The van der Waals surface area contributed by atoms with Gasteiger partial charge in [-0.15, -0.1) is 5.06 Å². The first kappa shape index (κ1) is 18.5. The van der Waals surface area contributed by atoms with Crippen molar-refractivity contribution in [2.24, 2.45) is 0 Å². The van der Waals surface area contributed by atoms with Crippen LogP contribution in [0.15, 0.2) is 97.1 Å². The molecule has 0 fully saturated rings. The number of nitrogens with zero attached hydrogens (tertiary/aromatic N) is 1. The van der Waals surface area contributed by atoms with Gasteiger partial charge in [-0.25, -0.2) is 0 Å². The van der Waals surface area contributed by atoms with Crippen LogP contribution in [0.4, 0.5) is 0 Å². The smallest absolute Gasteiger partial charge is 0.152 e. The van der Waals surface area contributed by atoms with Crippen LogP contribution in [0, 0.1) is 0 Å². The fraction of sp³-hybridized carbons (Fsp3) is 0.200. The van der Waals surface area contributed by atoms with Crippen LogP contribution in [0.3, 0.4) is 0 Å². The van der Waals surface area contributed by atoms with Crippen molar-refractivity contribution in [1.82, 2.24) is 5.06 Å². The molecule has 0 unspecified atom stereocenters. The van der Waals surface area contributed by atoms with Crippen molar-refractivity contribution < 1.29 is 9.57 Å². The molecule has 142 valence electrons. The van der Waals surface area contributed by atoms with Crippen LogP contribution in [0.5, 0.6) is 0 Å². The van der Waals surface area contributed by atoms with Crippen LogP contribution in [0.2, 0.25) is 0 Å². The van der Waals surface area contributed by atoms with E-state index in [1.807, 2.05) is 47.5 Å². The maximum atomic E-state index is 6.29. The zero-order valence-corrected chi connectivity index (χ0v) is 16.1. The van der Waals surface area contributed by atoms with Crippen LogP contribution >= 0.6 is 0 Å². The Kier molecular flexibility index (Phi) is 5.86. The van der Waals surface area contributed by atoms with Crippen molar-refractivity contribution >= 4 is 5.76 Å². The summed E-state index contributed by atoms with van der Waals surface area (Å²) in [6, 6.07) is 31.1. The van der Waals surface area contributed by atoms with Gasteiger partial charge in [-0.3, -0.25) is 0 Å². The summed E-state index contributed by atoms with van der Waals surface area (Å²) < 4.78 is 6.04. The highest BCUT2D eigenvalue weighted by molar-refractivity contribution is 5.61. The second-order valence-corrected chi connectivity index (χ2v) is 7.00. The zero-order chi connectivity index (χ0) is 19.2. The molecule has 0 aromatic heterocycles. The van der Waals surface area contributed by atoms with E-state index in [-0.39, 0.29) is 12.1 Å². The molecule has 0 amide bonds. The quantitative estimate of drug-likeness (QED) is 0.538. The molecule has 0 saturated heterocycles. The second-order valence-electron chi connectivity index (χ2n) is 7.00. The molecule has 3 aromatic rings. The summed E-state index contributed by atoms with van der Waals surface area (Å²) in [5, 5.41) is 2.04. The first-order valence-electron chi connectivity index (χ1n) is 9.71. The summed E-state index contributed by atoms with van der Waals surface area (Å²) in [4.78, 5) is 6.29. The molecule has 1 heterocycles. The summed E-state index contributed by atoms with van der Waals surface area (Å²) >= 11 is 0. The minimum absolute atomic E-state index is 0.0501. The summed E-state index contributed by atoms with van der Waals surface area (Å²) in [7, 11) is 0.